The maximum absolute atomic E-state index is 13.1. The molecule has 0 aliphatic carbocycles. The molecule has 4 aromatic rings. The molecule has 2 aliphatic heterocycles. The lowest BCUT2D eigenvalue weighted by Crippen LogP contribution is -2.25. The molecule has 0 saturated heterocycles. The van der Waals surface area contributed by atoms with Crippen LogP contribution in [0.15, 0.2) is 66.7 Å². The highest BCUT2D eigenvalue weighted by atomic mass is 16.7. The van der Waals surface area contributed by atoms with Gasteiger partial charge in [0.05, 0.1) is 12.8 Å². The second-order valence-corrected chi connectivity index (χ2v) is 10.1. The standard InChI is InChI=1S/C32H33N3O6/c1-3-4-14-35-25(30(32(36)37-2)33-31(35)24-8-6-5-7-9-24)19-34(17-22-10-12-26-28(15-22)40-20-38-26)18-23-11-13-27-29(16-23)41-21-39-27/h5-13,15-16H,3-4,14,17-21H2,1-2H3. The quantitative estimate of drug-likeness (QED) is 0.215. The lowest BCUT2D eigenvalue weighted by molar-refractivity contribution is 0.0591. The molecular weight excluding hydrogens is 522 g/mol. The largest absolute Gasteiger partial charge is 0.464 e. The number of benzene rings is 3. The second kappa shape index (κ2) is 11.9. The van der Waals surface area contributed by atoms with Gasteiger partial charge in [-0.3, -0.25) is 4.90 Å². The van der Waals surface area contributed by atoms with Crippen LogP contribution in [-0.2, 0) is 30.9 Å². The van der Waals surface area contributed by atoms with Gasteiger partial charge in [0.15, 0.2) is 28.7 Å². The van der Waals surface area contributed by atoms with Gasteiger partial charge < -0.3 is 28.3 Å². The highest BCUT2D eigenvalue weighted by Gasteiger charge is 2.26. The Morgan fingerprint density at radius 1 is 0.854 bits per heavy atom. The molecule has 3 heterocycles. The van der Waals surface area contributed by atoms with Crippen LogP contribution in [0.1, 0.15) is 47.1 Å². The van der Waals surface area contributed by atoms with Gasteiger partial charge >= 0.3 is 5.97 Å². The smallest absolute Gasteiger partial charge is 0.358 e. The van der Waals surface area contributed by atoms with Gasteiger partial charge in [0.1, 0.15) is 5.82 Å². The van der Waals surface area contributed by atoms with E-state index in [0.29, 0.717) is 25.3 Å². The zero-order valence-corrected chi connectivity index (χ0v) is 23.3. The lowest BCUT2D eigenvalue weighted by atomic mass is 10.1. The van der Waals surface area contributed by atoms with E-state index >= 15 is 0 Å². The summed E-state index contributed by atoms with van der Waals surface area (Å²) in [6, 6.07) is 22.0. The Bertz CT molecular complexity index is 1470. The maximum atomic E-state index is 13.1. The number of fused-ring (bicyclic) bond motifs is 2. The summed E-state index contributed by atoms with van der Waals surface area (Å²) < 4.78 is 29.7. The molecule has 0 saturated carbocycles. The van der Waals surface area contributed by atoms with Gasteiger partial charge in [-0.1, -0.05) is 55.8 Å². The molecule has 0 N–H and O–H groups in total. The summed E-state index contributed by atoms with van der Waals surface area (Å²) in [4.78, 5) is 20.2. The Hall–Kier alpha value is -4.50. The van der Waals surface area contributed by atoms with E-state index in [2.05, 4.69) is 16.4 Å². The first kappa shape index (κ1) is 26.7. The Kier molecular flexibility index (Phi) is 7.78. The average molecular weight is 556 g/mol. The normalized spacial score (nSPS) is 13.1. The third-order valence-corrected chi connectivity index (χ3v) is 7.28. The molecule has 9 nitrogen and oxygen atoms in total. The van der Waals surface area contributed by atoms with Crippen molar-refractivity contribution in [3.8, 4) is 34.4 Å². The van der Waals surface area contributed by atoms with Crippen molar-refractivity contribution in [2.24, 2.45) is 0 Å². The summed E-state index contributed by atoms with van der Waals surface area (Å²) in [5, 5.41) is 0. The van der Waals surface area contributed by atoms with E-state index in [0.717, 1.165) is 70.6 Å². The van der Waals surface area contributed by atoms with Gasteiger partial charge in [-0.15, -0.1) is 0 Å². The number of aromatic nitrogens is 2. The van der Waals surface area contributed by atoms with E-state index in [1.807, 2.05) is 66.7 Å². The van der Waals surface area contributed by atoms with Crippen LogP contribution in [0.2, 0.25) is 0 Å². The summed E-state index contributed by atoms with van der Waals surface area (Å²) in [6.07, 6.45) is 1.96. The van der Waals surface area contributed by atoms with E-state index in [1.54, 1.807) is 0 Å². The Balaban J connectivity index is 1.40. The topological polar surface area (TPSA) is 84.3 Å². The number of hydrogen-bond donors (Lipinski definition) is 0. The Morgan fingerprint density at radius 3 is 2.05 bits per heavy atom. The first-order chi connectivity index (χ1) is 20.1. The summed E-state index contributed by atoms with van der Waals surface area (Å²) in [5.41, 5.74) is 4.25. The third kappa shape index (κ3) is 5.71. The molecular formula is C32H33N3O6. The predicted octanol–water partition coefficient (Wildman–Crippen LogP) is 5.80. The van der Waals surface area contributed by atoms with Gasteiger partial charge in [0.2, 0.25) is 13.6 Å². The number of imidazole rings is 1. The van der Waals surface area contributed by atoms with E-state index in [1.165, 1.54) is 7.11 Å². The summed E-state index contributed by atoms with van der Waals surface area (Å²) >= 11 is 0. The first-order valence-corrected chi connectivity index (χ1v) is 13.9. The molecule has 3 aromatic carbocycles. The molecule has 0 bridgehead atoms. The molecule has 0 atom stereocenters. The zero-order valence-electron chi connectivity index (χ0n) is 23.3. The monoisotopic (exact) mass is 555 g/mol. The molecule has 2 aliphatic rings. The van der Waals surface area contributed by atoms with Gasteiger partial charge in [-0.05, 0) is 41.8 Å². The summed E-state index contributed by atoms with van der Waals surface area (Å²) in [6.45, 7) is 5.02. The molecule has 0 fully saturated rings. The number of methoxy groups -OCH3 is 1. The maximum Gasteiger partial charge on any atom is 0.358 e. The third-order valence-electron chi connectivity index (χ3n) is 7.28. The minimum absolute atomic E-state index is 0.223. The SMILES string of the molecule is CCCCn1c(-c2ccccc2)nc(C(=O)OC)c1CN(Cc1ccc2c(c1)OCO2)Cc1ccc2c(c1)OCO2. The van der Waals surface area contributed by atoms with E-state index in [-0.39, 0.29) is 13.6 Å². The predicted molar refractivity (Wildman–Crippen MR) is 152 cm³/mol. The van der Waals surface area contributed by atoms with Crippen molar-refractivity contribution in [3.63, 3.8) is 0 Å². The molecule has 1 aromatic heterocycles. The van der Waals surface area contributed by atoms with Crippen molar-refractivity contribution in [1.82, 2.24) is 14.5 Å². The van der Waals surface area contributed by atoms with Crippen LogP contribution < -0.4 is 18.9 Å². The van der Waals surface area contributed by atoms with Crippen molar-refractivity contribution in [2.75, 3.05) is 20.7 Å². The summed E-state index contributed by atoms with van der Waals surface area (Å²) in [5.74, 6) is 3.28. The van der Waals surface area contributed by atoms with Crippen LogP contribution in [0.25, 0.3) is 11.4 Å². The highest BCUT2D eigenvalue weighted by Crippen LogP contribution is 2.35. The number of carbonyl (C=O) groups is 1. The molecule has 212 valence electrons. The van der Waals surface area contributed by atoms with E-state index in [9.17, 15) is 4.79 Å². The average Bonchev–Trinajstić information content (AvgIpc) is 3.74. The molecule has 0 unspecified atom stereocenters. The van der Waals surface area contributed by atoms with Gasteiger partial charge in [-0.2, -0.15) is 0 Å². The minimum atomic E-state index is -0.446. The number of nitrogens with zero attached hydrogens (tertiary/aromatic N) is 3. The summed E-state index contributed by atoms with van der Waals surface area (Å²) in [7, 11) is 1.40. The van der Waals surface area contributed by atoms with Crippen LogP contribution in [0.3, 0.4) is 0 Å². The fraction of sp³-hybridized carbons (Fsp3) is 0.312. The molecule has 0 radical (unpaired) electrons. The van der Waals surface area contributed by atoms with Gasteiger partial charge in [-0.25, -0.2) is 9.78 Å². The van der Waals surface area contributed by atoms with Crippen LogP contribution in [-0.4, -0.2) is 41.1 Å². The Labute approximate surface area is 239 Å². The van der Waals surface area contributed by atoms with Crippen molar-refractivity contribution in [3.05, 3.63) is 89.2 Å². The van der Waals surface area contributed by atoms with Crippen LogP contribution in [0, 0.1) is 0 Å². The van der Waals surface area contributed by atoms with E-state index < -0.39 is 5.97 Å². The van der Waals surface area contributed by atoms with Crippen LogP contribution in [0.4, 0.5) is 0 Å². The Morgan fingerprint density at radius 2 is 1.46 bits per heavy atom. The molecule has 9 heteroatoms. The molecule has 0 spiro atoms. The first-order valence-electron chi connectivity index (χ1n) is 13.9. The lowest BCUT2D eigenvalue weighted by Gasteiger charge is -2.24. The van der Waals surface area contributed by atoms with Crippen molar-refractivity contribution < 1.29 is 28.5 Å². The minimum Gasteiger partial charge on any atom is -0.464 e. The molecule has 6 rings (SSSR count). The van der Waals surface area contributed by atoms with Gasteiger partial charge in [0, 0.05) is 31.7 Å². The zero-order chi connectivity index (χ0) is 28.2. The van der Waals surface area contributed by atoms with Crippen LogP contribution >= 0.6 is 0 Å². The second-order valence-electron chi connectivity index (χ2n) is 10.1. The number of rotatable bonds is 11. The number of ether oxygens (including phenoxy) is 5. The van der Waals surface area contributed by atoms with Crippen molar-refractivity contribution >= 4 is 5.97 Å². The van der Waals surface area contributed by atoms with Crippen molar-refractivity contribution in [2.45, 2.75) is 45.9 Å². The number of unbranched alkanes of at least 4 members (excludes halogenated alkanes) is 1. The number of hydrogen-bond acceptors (Lipinski definition) is 8. The highest BCUT2D eigenvalue weighted by molar-refractivity contribution is 5.89. The number of esters is 1. The fourth-order valence-electron chi connectivity index (χ4n) is 5.25. The molecule has 0 amide bonds. The van der Waals surface area contributed by atoms with E-state index in [4.69, 9.17) is 28.7 Å². The van der Waals surface area contributed by atoms with Crippen LogP contribution in [0.5, 0.6) is 23.0 Å². The number of carbonyl (C=O) groups excluding carboxylic acids is 1. The van der Waals surface area contributed by atoms with Crippen molar-refractivity contribution in [1.29, 1.82) is 0 Å². The van der Waals surface area contributed by atoms with Gasteiger partial charge in [0.25, 0.3) is 0 Å². The fourth-order valence-corrected chi connectivity index (χ4v) is 5.25. The molecule has 41 heavy (non-hydrogen) atoms.